The number of fused-ring (bicyclic) bond motifs is 2. The molecule has 1 atom stereocenters. The van der Waals surface area contributed by atoms with E-state index in [2.05, 4.69) is 21.4 Å². The minimum absolute atomic E-state index is 0.0459. The van der Waals surface area contributed by atoms with Gasteiger partial charge in [-0.1, -0.05) is 6.07 Å². The second-order valence-corrected chi connectivity index (χ2v) is 8.44. The van der Waals surface area contributed by atoms with E-state index in [4.69, 9.17) is 14.7 Å². The van der Waals surface area contributed by atoms with Crippen LogP contribution in [-0.4, -0.2) is 34.2 Å². The summed E-state index contributed by atoms with van der Waals surface area (Å²) in [7, 11) is 0. The number of benzene rings is 1. The van der Waals surface area contributed by atoms with Crippen LogP contribution in [0, 0.1) is 11.3 Å². The molecule has 0 saturated heterocycles. The lowest BCUT2D eigenvalue weighted by Gasteiger charge is -2.20. The van der Waals surface area contributed by atoms with Gasteiger partial charge < -0.3 is 9.47 Å². The Kier molecular flexibility index (Phi) is 6.35. The molecule has 0 aliphatic heterocycles. The first-order valence-electron chi connectivity index (χ1n) is 11.0. The molecular formula is C24H26N4O4. The van der Waals surface area contributed by atoms with E-state index in [1.165, 1.54) is 34.6 Å². The summed E-state index contributed by atoms with van der Waals surface area (Å²) in [6, 6.07) is 4.23. The number of esters is 1. The second-order valence-electron chi connectivity index (χ2n) is 8.44. The van der Waals surface area contributed by atoms with Gasteiger partial charge in [0.2, 0.25) is 6.10 Å². The largest absolute Gasteiger partial charge is 0.460 e. The van der Waals surface area contributed by atoms with Crippen LogP contribution in [0.2, 0.25) is 0 Å². The molecule has 0 spiro atoms. The van der Waals surface area contributed by atoms with Crippen LogP contribution in [0.25, 0.3) is 0 Å². The smallest absolute Gasteiger partial charge is 0.412 e. The van der Waals surface area contributed by atoms with E-state index < -0.39 is 18.2 Å². The molecule has 166 valence electrons. The number of aromatic nitrogens is 2. The molecule has 8 nitrogen and oxygen atoms in total. The highest BCUT2D eigenvalue weighted by atomic mass is 16.6. The molecule has 1 unspecified atom stereocenters. The number of nitriles is 1. The minimum atomic E-state index is -1.20. The summed E-state index contributed by atoms with van der Waals surface area (Å²) in [4.78, 5) is 33.7. The number of rotatable bonds is 6. The van der Waals surface area contributed by atoms with E-state index in [0.29, 0.717) is 5.56 Å². The molecule has 4 rings (SSSR count). The minimum Gasteiger partial charge on any atom is -0.460 e. The highest BCUT2D eigenvalue weighted by Gasteiger charge is 2.29. The number of anilines is 1. The molecule has 1 heterocycles. The van der Waals surface area contributed by atoms with Crippen molar-refractivity contribution in [2.75, 3.05) is 5.32 Å². The third kappa shape index (κ3) is 4.72. The van der Waals surface area contributed by atoms with E-state index in [-0.39, 0.29) is 18.3 Å². The molecule has 32 heavy (non-hydrogen) atoms. The Morgan fingerprint density at radius 1 is 1.06 bits per heavy atom. The Morgan fingerprint density at radius 2 is 1.69 bits per heavy atom. The van der Waals surface area contributed by atoms with Crippen molar-refractivity contribution in [1.29, 1.82) is 5.26 Å². The summed E-state index contributed by atoms with van der Waals surface area (Å²) >= 11 is 0. The summed E-state index contributed by atoms with van der Waals surface area (Å²) < 4.78 is 10.8. The Morgan fingerprint density at radius 3 is 2.25 bits per heavy atom. The molecule has 8 heteroatoms. The van der Waals surface area contributed by atoms with Gasteiger partial charge in [0, 0.05) is 12.4 Å². The Labute approximate surface area is 187 Å². The fourth-order valence-electron chi connectivity index (χ4n) is 4.39. The number of hydrogen-bond acceptors (Lipinski definition) is 7. The van der Waals surface area contributed by atoms with E-state index in [1.54, 1.807) is 13.8 Å². The first-order chi connectivity index (χ1) is 15.4. The second kappa shape index (κ2) is 9.35. The monoisotopic (exact) mass is 434 g/mol. The number of nitrogens with one attached hydrogen (secondary N) is 1. The molecule has 2 aliphatic carbocycles. The van der Waals surface area contributed by atoms with Gasteiger partial charge >= 0.3 is 12.1 Å². The van der Waals surface area contributed by atoms with Gasteiger partial charge in [-0.25, -0.2) is 19.6 Å². The van der Waals surface area contributed by atoms with Crippen LogP contribution in [0.1, 0.15) is 60.3 Å². The molecule has 1 amide bonds. The summed E-state index contributed by atoms with van der Waals surface area (Å²) in [5.74, 6) is -0.379. The molecule has 0 radical (unpaired) electrons. The normalized spacial score (nSPS) is 14.9. The third-order valence-electron chi connectivity index (χ3n) is 5.77. The van der Waals surface area contributed by atoms with Crippen LogP contribution < -0.4 is 5.32 Å². The number of nitrogens with zero attached hydrogens (tertiary/aromatic N) is 3. The summed E-state index contributed by atoms with van der Waals surface area (Å²) in [6.45, 7) is 3.45. The molecule has 0 saturated carbocycles. The molecule has 1 N–H and O–H groups in total. The quantitative estimate of drug-likeness (QED) is 0.693. The Hall–Kier alpha value is -3.47. The average molecular weight is 434 g/mol. The van der Waals surface area contributed by atoms with E-state index >= 15 is 0 Å². The molecule has 0 fully saturated rings. The predicted molar refractivity (Wildman–Crippen MR) is 116 cm³/mol. The van der Waals surface area contributed by atoms with E-state index in [9.17, 15) is 9.59 Å². The fourth-order valence-corrected chi connectivity index (χ4v) is 4.39. The van der Waals surface area contributed by atoms with Crippen LogP contribution in [0.15, 0.2) is 18.5 Å². The lowest BCUT2D eigenvalue weighted by atomic mass is 9.99. The number of carbonyl (C=O) groups is 2. The molecular weight excluding hydrogens is 408 g/mol. The van der Waals surface area contributed by atoms with Gasteiger partial charge in [-0.3, -0.25) is 5.32 Å². The fraction of sp³-hybridized carbons (Fsp3) is 0.458. The third-order valence-corrected chi connectivity index (χ3v) is 5.77. The number of aryl methyl sites for hydroxylation is 2. The first-order valence-corrected chi connectivity index (χ1v) is 11.0. The van der Waals surface area contributed by atoms with Crippen molar-refractivity contribution in [2.45, 2.75) is 71.0 Å². The van der Waals surface area contributed by atoms with Gasteiger partial charge in [-0.2, -0.15) is 5.26 Å². The highest BCUT2D eigenvalue weighted by Crippen LogP contribution is 2.38. The first kappa shape index (κ1) is 21.8. The molecule has 2 aromatic rings. The van der Waals surface area contributed by atoms with Crippen LogP contribution in [0.5, 0.6) is 0 Å². The zero-order valence-electron chi connectivity index (χ0n) is 18.3. The van der Waals surface area contributed by atoms with Crippen molar-refractivity contribution >= 4 is 17.7 Å². The maximum Gasteiger partial charge on any atom is 0.412 e. The number of carbonyl (C=O) groups excluding carboxylic acids is 2. The number of hydrogen-bond donors (Lipinski definition) is 1. The molecule has 0 bridgehead atoms. The Balaban J connectivity index is 1.53. The maximum atomic E-state index is 12.9. The zero-order chi connectivity index (χ0) is 22.7. The number of amides is 1. The van der Waals surface area contributed by atoms with Gasteiger partial charge in [-0.15, -0.1) is 0 Å². The molecule has 1 aromatic carbocycles. The van der Waals surface area contributed by atoms with Crippen molar-refractivity contribution in [3.05, 3.63) is 52.1 Å². The van der Waals surface area contributed by atoms with Gasteiger partial charge in [0.25, 0.3) is 0 Å². The van der Waals surface area contributed by atoms with Crippen molar-refractivity contribution in [3.63, 3.8) is 0 Å². The highest BCUT2D eigenvalue weighted by molar-refractivity contribution is 5.90. The van der Waals surface area contributed by atoms with Crippen molar-refractivity contribution < 1.29 is 19.1 Å². The zero-order valence-corrected chi connectivity index (χ0v) is 18.3. The van der Waals surface area contributed by atoms with Gasteiger partial charge in [0.1, 0.15) is 11.9 Å². The summed E-state index contributed by atoms with van der Waals surface area (Å²) in [6.07, 6.45) is 6.46. The van der Waals surface area contributed by atoms with Crippen LogP contribution in [-0.2, 0) is 46.4 Å². The topological polar surface area (TPSA) is 114 Å². The van der Waals surface area contributed by atoms with Gasteiger partial charge in [0.05, 0.1) is 23.8 Å². The van der Waals surface area contributed by atoms with E-state index in [0.717, 1.165) is 44.2 Å². The lowest BCUT2D eigenvalue weighted by Crippen LogP contribution is -2.35. The van der Waals surface area contributed by atoms with Gasteiger partial charge in [0.15, 0.2) is 0 Å². The lowest BCUT2D eigenvalue weighted by molar-refractivity contribution is -0.157. The van der Waals surface area contributed by atoms with Crippen molar-refractivity contribution in [1.82, 2.24) is 9.97 Å². The van der Waals surface area contributed by atoms with Gasteiger partial charge in [-0.05, 0) is 74.6 Å². The van der Waals surface area contributed by atoms with Crippen LogP contribution >= 0.6 is 0 Å². The summed E-state index contributed by atoms with van der Waals surface area (Å²) in [5.41, 5.74) is 6.10. The SMILES string of the molecule is CC(C)OC(=O)C(Cc1ncc(C#N)cn1)OC(=O)Nc1c2c(cc3c1CCC3)CCC2. The standard InChI is InChI=1S/C24H26N4O4/c1-14(2)31-23(29)20(10-21-26-12-15(11-25)13-27-21)32-24(30)28-22-18-7-3-5-16(18)9-17-6-4-8-19(17)22/h9,12-14,20H,3-8,10H2,1-2H3,(H,28,30). The van der Waals surface area contributed by atoms with Crippen molar-refractivity contribution in [2.24, 2.45) is 0 Å². The maximum absolute atomic E-state index is 12.9. The number of ether oxygens (including phenoxy) is 2. The Bertz CT molecular complexity index is 1040. The average Bonchev–Trinajstić information content (AvgIpc) is 3.42. The molecule has 1 aromatic heterocycles. The van der Waals surface area contributed by atoms with Crippen molar-refractivity contribution in [3.8, 4) is 6.07 Å². The van der Waals surface area contributed by atoms with Crippen LogP contribution in [0.4, 0.5) is 10.5 Å². The van der Waals surface area contributed by atoms with Crippen LogP contribution in [0.3, 0.4) is 0 Å². The predicted octanol–water partition coefficient (Wildman–Crippen LogP) is 3.44. The summed E-state index contributed by atoms with van der Waals surface area (Å²) in [5, 5.41) is 11.8. The molecule has 2 aliphatic rings. The van der Waals surface area contributed by atoms with E-state index in [1.807, 2.05) is 6.07 Å².